The van der Waals surface area contributed by atoms with Gasteiger partial charge in [-0.05, 0) is 24.0 Å². The van der Waals surface area contributed by atoms with Crippen molar-refractivity contribution in [2.24, 2.45) is 0 Å². The van der Waals surface area contributed by atoms with Crippen LogP contribution in [0.2, 0.25) is 0 Å². The van der Waals surface area contributed by atoms with Crippen LogP contribution in [0.15, 0.2) is 29.2 Å². The molecular weight excluding hydrogens is 288 g/mol. The van der Waals surface area contributed by atoms with E-state index in [1.165, 1.54) is 6.26 Å². The Bertz CT molecular complexity index is 452. The number of rotatable bonds is 4. The molecule has 0 N–H and O–H groups in total. The maximum absolute atomic E-state index is 11.7. The minimum absolute atomic E-state index is 0.228. The minimum atomic E-state index is -3.14. The van der Waals surface area contributed by atoms with Gasteiger partial charge in [-0.2, -0.15) is 0 Å². The fraction of sp³-hybridized carbons (Fsp3) is 0.500. The molecule has 0 heterocycles. The molecule has 16 heavy (non-hydrogen) atoms. The first-order chi connectivity index (χ1) is 7.38. The normalized spacial score (nSPS) is 15.8. The van der Waals surface area contributed by atoms with E-state index in [-0.39, 0.29) is 10.7 Å². The summed E-state index contributed by atoms with van der Waals surface area (Å²) in [7, 11) is -3.14. The average molecular weight is 305 g/mol. The summed E-state index contributed by atoms with van der Waals surface area (Å²) in [6, 6.07) is 7.25. The van der Waals surface area contributed by atoms with E-state index in [1.54, 1.807) is 12.1 Å². The third-order valence-electron chi connectivity index (χ3n) is 2.71. The molecule has 0 saturated heterocycles. The number of alkyl halides is 1. The second kappa shape index (κ2) is 5.32. The molecule has 90 valence electrons. The van der Waals surface area contributed by atoms with E-state index in [9.17, 15) is 8.42 Å². The molecular formula is C12H17BrO2S. The van der Waals surface area contributed by atoms with Crippen LogP contribution >= 0.6 is 15.9 Å². The van der Waals surface area contributed by atoms with Crippen molar-refractivity contribution in [1.82, 2.24) is 0 Å². The van der Waals surface area contributed by atoms with Gasteiger partial charge in [0, 0.05) is 11.1 Å². The van der Waals surface area contributed by atoms with Gasteiger partial charge in [-0.1, -0.05) is 48.0 Å². The predicted molar refractivity (Wildman–Crippen MR) is 71.0 cm³/mol. The number of halogens is 1. The van der Waals surface area contributed by atoms with Crippen LogP contribution in [0.3, 0.4) is 0 Å². The predicted octanol–water partition coefficient (Wildman–Crippen LogP) is 3.37. The Balaban J connectivity index is 3.33. The van der Waals surface area contributed by atoms with Gasteiger partial charge in [-0.15, -0.1) is 0 Å². The number of sulfone groups is 1. The largest absolute Gasteiger partial charge is 0.224 e. The van der Waals surface area contributed by atoms with Crippen molar-refractivity contribution in [2.75, 3.05) is 6.26 Å². The van der Waals surface area contributed by atoms with E-state index in [0.29, 0.717) is 4.90 Å². The molecule has 0 amide bonds. The lowest BCUT2D eigenvalue weighted by Crippen LogP contribution is -2.12. The van der Waals surface area contributed by atoms with Crippen LogP contribution in [0, 0.1) is 0 Å². The molecule has 0 aromatic heterocycles. The summed E-state index contributed by atoms with van der Waals surface area (Å²) >= 11 is 3.54. The first kappa shape index (κ1) is 13.7. The van der Waals surface area contributed by atoms with Crippen LogP contribution < -0.4 is 0 Å². The van der Waals surface area contributed by atoms with E-state index in [4.69, 9.17) is 0 Å². The van der Waals surface area contributed by atoms with Gasteiger partial charge >= 0.3 is 0 Å². The Kier molecular flexibility index (Phi) is 4.56. The van der Waals surface area contributed by atoms with Crippen molar-refractivity contribution in [2.45, 2.75) is 35.9 Å². The topological polar surface area (TPSA) is 34.1 Å². The van der Waals surface area contributed by atoms with Gasteiger partial charge in [0.25, 0.3) is 0 Å². The van der Waals surface area contributed by atoms with Gasteiger partial charge in [0.05, 0.1) is 4.90 Å². The maximum Gasteiger partial charge on any atom is 0.175 e. The van der Waals surface area contributed by atoms with Crippen molar-refractivity contribution in [3.05, 3.63) is 29.8 Å². The highest BCUT2D eigenvalue weighted by Gasteiger charge is 2.21. The summed E-state index contributed by atoms with van der Waals surface area (Å²) in [4.78, 5) is 0.716. The zero-order valence-electron chi connectivity index (χ0n) is 9.77. The van der Waals surface area contributed by atoms with Gasteiger partial charge in [-0.3, -0.25) is 0 Å². The maximum atomic E-state index is 11.7. The third-order valence-corrected chi connectivity index (χ3v) is 4.52. The first-order valence-corrected chi connectivity index (χ1v) is 8.11. The SMILES string of the molecule is CCC(c1ccccc1S(C)(=O)=O)C(C)Br. The molecule has 0 spiro atoms. The van der Waals surface area contributed by atoms with Crippen molar-refractivity contribution in [3.8, 4) is 0 Å². The lowest BCUT2D eigenvalue weighted by atomic mass is 9.94. The van der Waals surface area contributed by atoms with E-state index in [1.807, 2.05) is 19.1 Å². The Labute approximate surface area is 106 Å². The standard InChI is InChI=1S/C12H17BrO2S/c1-4-10(9(2)13)11-7-5-6-8-12(11)16(3,14)15/h5-10H,4H2,1-3H3. The molecule has 1 aromatic rings. The van der Waals surface area contributed by atoms with E-state index in [2.05, 4.69) is 22.9 Å². The molecule has 0 aliphatic heterocycles. The average Bonchev–Trinajstić information content (AvgIpc) is 2.17. The van der Waals surface area contributed by atoms with Crippen LogP contribution in [0.1, 0.15) is 31.7 Å². The molecule has 2 nitrogen and oxygen atoms in total. The zero-order chi connectivity index (χ0) is 12.3. The lowest BCUT2D eigenvalue weighted by Gasteiger charge is -2.20. The molecule has 2 unspecified atom stereocenters. The Hall–Kier alpha value is -0.350. The van der Waals surface area contributed by atoms with Gasteiger partial charge < -0.3 is 0 Å². The number of benzene rings is 1. The van der Waals surface area contributed by atoms with E-state index >= 15 is 0 Å². The van der Waals surface area contributed by atoms with Crippen molar-refractivity contribution in [3.63, 3.8) is 0 Å². The van der Waals surface area contributed by atoms with Gasteiger partial charge in [0.1, 0.15) is 0 Å². The minimum Gasteiger partial charge on any atom is -0.224 e. The molecule has 0 bridgehead atoms. The highest BCUT2D eigenvalue weighted by Crippen LogP contribution is 2.32. The molecule has 4 heteroatoms. The fourth-order valence-electron chi connectivity index (χ4n) is 1.92. The van der Waals surface area contributed by atoms with Crippen LogP contribution in [0.25, 0.3) is 0 Å². The Morgan fingerprint density at radius 2 is 1.88 bits per heavy atom. The Morgan fingerprint density at radius 1 is 1.31 bits per heavy atom. The Morgan fingerprint density at radius 3 is 2.31 bits per heavy atom. The summed E-state index contributed by atoms with van der Waals surface area (Å²) < 4.78 is 23.4. The van der Waals surface area contributed by atoms with Gasteiger partial charge in [-0.25, -0.2) is 8.42 Å². The van der Waals surface area contributed by atoms with Crippen LogP contribution in [0.5, 0.6) is 0 Å². The number of hydrogen-bond acceptors (Lipinski definition) is 2. The molecule has 1 aromatic carbocycles. The summed E-state index contributed by atoms with van der Waals surface area (Å²) in [5.41, 5.74) is 0.914. The van der Waals surface area contributed by atoms with Crippen LogP contribution in [0.4, 0.5) is 0 Å². The molecule has 0 aliphatic rings. The zero-order valence-corrected chi connectivity index (χ0v) is 12.2. The van der Waals surface area contributed by atoms with Crippen molar-refractivity contribution < 1.29 is 8.42 Å². The van der Waals surface area contributed by atoms with Crippen LogP contribution in [-0.4, -0.2) is 19.5 Å². The smallest absolute Gasteiger partial charge is 0.175 e. The molecule has 1 rings (SSSR count). The highest BCUT2D eigenvalue weighted by atomic mass is 79.9. The van der Waals surface area contributed by atoms with Crippen molar-refractivity contribution in [1.29, 1.82) is 0 Å². The van der Waals surface area contributed by atoms with Gasteiger partial charge in [0.15, 0.2) is 9.84 Å². The summed E-state index contributed by atoms with van der Waals surface area (Å²) in [5, 5.41) is 0. The number of hydrogen-bond donors (Lipinski definition) is 0. The highest BCUT2D eigenvalue weighted by molar-refractivity contribution is 9.09. The third kappa shape index (κ3) is 3.08. The van der Waals surface area contributed by atoms with Crippen molar-refractivity contribution >= 4 is 25.8 Å². The second-order valence-electron chi connectivity index (χ2n) is 4.00. The first-order valence-electron chi connectivity index (χ1n) is 5.31. The van der Waals surface area contributed by atoms with E-state index in [0.717, 1.165) is 12.0 Å². The quantitative estimate of drug-likeness (QED) is 0.799. The summed E-state index contributed by atoms with van der Waals surface area (Å²) in [6.45, 7) is 4.12. The molecule has 0 aliphatic carbocycles. The lowest BCUT2D eigenvalue weighted by molar-refractivity contribution is 0.594. The molecule has 2 atom stereocenters. The fourth-order valence-corrected chi connectivity index (χ4v) is 3.55. The molecule has 0 saturated carbocycles. The van der Waals surface area contributed by atoms with E-state index < -0.39 is 9.84 Å². The molecule has 0 fully saturated rings. The molecule has 0 radical (unpaired) electrons. The van der Waals surface area contributed by atoms with Crippen LogP contribution in [-0.2, 0) is 9.84 Å². The summed E-state index contributed by atoms with van der Waals surface area (Å²) in [6.07, 6.45) is 2.18. The second-order valence-corrected chi connectivity index (χ2v) is 7.43. The van der Waals surface area contributed by atoms with Gasteiger partial charge in [0.2, 0.25) is 0 Å². The summed E-state index contributed by atoms with van der Waals surface area (Å²) in [5.74, 6) is 0.228. The monoisotopic (exact) mass is 304 g/mol.